The predicted molar refractivity (Wildman–Crippen MR) is 94.4 cm³/mol. The maximum absolute atomic E-state index is 12.9. The highest BCUT2D eigenvalue weighted by Gasteiger charge is 2.21. The molecule has 25 heavy (non-hydrogen) atoms. The molecule has 1 saturated carbocycles. The van der Waals surface area contributed by atoms with Crippen molar-refractivity contribution in [2.45, 2.75) is 44.0 Å². The molecule has 0 saturated heterocycles. The van der Waals surface area contributed by atoms with Gasteiger partial charge in [0.1, 0.15) is 5.82 Å². The third kappa shape index (κ3) is 4.78. The molecule has 0 bridgehead atoms. The lowest BCUT2D eigenvalue weighted by molar-refractivity contribution is -0.127. The minimum absolute atomic E-state index is 0.0363. The Labute approximate surface area is 150 Å². The second-order valence-corrected chi connectivity index (χ2v) is 7.33. The Morgan fingerprint density at radius 2 is 2.04 bits per heavy atom. The van der Waals surface area contributed by atoms with Gasteiger partial charge in [0.05, 0.1) is 17.5 Å². The molecule has 134 valence electrons. The van der Waals surface area contributed by atoms with Gasteiger partial charge in [-0.2, -0.15) is 0 Å². The monoisotopic (exact) mass is 363 g/mol. The lowest BCUT2D eigenvalue weighted by Crippen LogP contribution is -2.27. The summed E-state index contributed by atoms with van der Waals surface area (Å²) in [4.78, 5) is 13.9. The number of benzene rings is 1. The molecule has 0 radical (unpaired) electrons. The number of aromatic nitrogens is 4. The van der Waals surface area contributed by atoms with E-state index in [9.17, 15) is 9.18 Å². The van der Waals surface area contributed by atoms with Gasteiger partial charge in [-0.3, -0.25) is 4.79 Å². The molecule has 1 aliphatic carbocycles. The number of amides is 1. The average molecular weight is 363 g/mol. The van der Waals surface area contributed by atoms with Crippen molar-refractivity contribution in [3.05, 3.63) is 41.5 Å². The van der Waals surface area contributed by atoms with E-state index < -0.39 is 0 Å². The first-order chi connectivity index (χ1) is 12.1. The van der Waals surface area contributed by atoms with Crippen LogP contribution in [0.2, 0.25) is 0 Å². The molecule has 6 nitrogen and oxygen atoms in total. The smallest absolute Gasteiger partial charge is 0.232 e. The normalized spacial score (nSPS) is 14.8. The standard InChI is InChI=1S/C17H22FN5OS/c1-22(10-13-6-8-14(18)9-7-13)17(24)12-25-11-16-19-20-21-23(16)15-4-2-3-5-15/h6-9,15H,2-5,10-12H2,1H3. The largest absolute Gasteiger partial charge is 0.341 e. The van der Waals surface area contributed by atoms with Gasteiger partial charge in [0.15, 0.2) is 5.82 Å². The first-order valence-electron chi connectivity index (χ1n) is 8.46. The first-order valence-corrected chi connectivity index (χ1v) is 9.62. The Morgan fingerprint density at radius 3 is 2.76 bits per heavy atom. The molecule has 1 amide bonds. The van der Waals surface area contributed by atoms with Gasteiger partial charge in [-0.25, -0.2) is 9.07 Å². The van der Waals surface area contributed by atoms with E-state index in [1.807, 2.05) is 4.68 Å². The van der Waals surface area contributed by atoms with E-state index in [2.05, 4.69) is 15.5 Å². The number of thioether (sulfide) groups is 1. The molecule has 0 N–H and O–H groups in total. The van der Waals surface area contributed by atoms with E-state index in [1.54, 1.807) is 24.1 Å². The van der Waals surface area contributed by atoms with Crippen LogP contribution in [0, 0.1) is 5.82 Å². The van der Waals surface area contributed by atoms with Crippen molar-refractivity contribution in [3.63, 3.8) is 0 Å². The van der Waals surface area contributed by atoms with Gasteiger partial charge in [0, 0.05) is 13.6 Å². The number of rotatable bonds is 7. The van der Waals surface area contributed by atoms with Crippen LogP contribution in [0.3, 0.4) is 0 Å². The fourth-order valence-electron chi connectivity index (χ4n) is 3.03. The maximum atomic E-state index is 12.9. The van der Waals surface area contributed by atoms with Crippen molar-refractivity contribution in [2.24, 2.45) is 0 Å². The highest BCUT2D eigenvalue weighted by molar-refractivity contribution is 7.99. The molecule has 0 spiro atoms. The zero-order chi connectivity index (χ0) is 17.6. The number of hydrogen-bond acceptors (Lipinski definition) is 5. The minimum Gasteiger partial charge on any atom is -0.341 e. The summed E-state index contributed by atoms with van der Waals surface area (Å²) in [6.07, 6.45) is 4.71. The number of hydrogen-bond donors (Lipinski definition) is 0. The number of carbonyl (C=O) groups is 1. The summed E-state index contributed by atoms with van der Waals surface area (Å²) in [5.74, 6) is 1.60. The Balaban J connectivity index is 1.46. The van der Waals surface area contributed by atoms with Gasteiger partial charge in [0.2, 0.25) is 5.91 Å². The van der Waals surface area contributed by atoms with E-state index in [4.69, 9.17) is 0 Å². The summed E-state index contributed by atoms with van der Waals surface area (Å²) < 4.78 is 14.8. The van der Waals surface area contributed by atoms with Crippen LogP contribution in [0.1, 0.15) is 43.1 Å². The number of halogens is 1. The van der Waals surface area contributed by atoms with E-state index in [-0.39, 0.29) is 11.7 Å². The Hall–Kier alpha value is -1.96. The molecule has 1 heterocycles. The Kier molecular flexibility index (Phi) is 6.01. The van der Waals surface area contributed by atoms with Crippen molar-refractivity contribution in [1.82, 2.24) is 25.1 Å². The van der Waals surface area contributed by atoms with Crippen molar-refractivity contribution in [3.8, 4) is 0 Å². The lowest BCUT2D eigenvalue weighted by atomic mass is 10.2. The number of tetrazole rings is 1. The third-order valence-corrected chi connectivity index (χ3v) is 5.36. The van der Waals surface area contributed by atoms with Gasteiger partial charge < -0.3 is 4.90 Å². The van der Waals surface area contributed by atoms with Gasteiger partial charge >= 0.3 is 0 Å². The fourth-order valence-corrected chi connectivity index (χ4v) is 3.90. The van der Waals surface area contributed by atoms with E-state index in [0.717, 1.165) is 24.2 Å². The van der Waals surface area contributed by atoms with Crippen LogP contribution < -0.4 is 0 Å². The summed E-state index contributed by atoms with van der Waals surface area (Å²) in [5.41, 5.74) is 0.910. The summed E-state index contributed by atoms with van der Waals surface area (Å²) >= 11 is 1.52. The molecule has 1 aromatic carbocycles. The zero-order valence-electron chi connectivity index (χ0n) is 14.3. The predicted octanol–water partition coefficient (Wildman–Crippen LogP) is 2.82. The molecule has 1 aliphatic rings. The fraction of sp³-hybridized carbons (Fsp3) is 0.529. The topological polar surface area (TPSA) is 63.9 Å². The summed E-state index contributed by atoms with van der Waals surface area (Å²) in [6.45, 7) is 0.472. The minimum atomic E-state index is -0.270. The van der Waals surface area contributed by atoms with Crippen LogP contribution in [0.4, 0.5) is 4.39 Å². The summed E-state index contributed by atoms with van der Waals surface area (Å²) in [5, 5.41) is 12.0. The molecule has 1 aromatic heterocycles. The van der Waals surface area contributed by atoms with Gasteiger partial charge in [-0.15, -0.1) is 16.9 Å². The van der Waals surface area contributed by atoms with Gasteiger partial charge in [-0.05, 0) is 41.0 Å². The SMILES string of the molecule is CN(Cc1ccc(F)cc1)C(=O)CSCc1nnnn1C1CCCC1. The zero-order valence-corrected chi connectivity index (χ0v) is 15.1. The molecular weight excluding hydrogens is 341 g/mol. The second-order valence-electron chi connectivity index (χ2n) is 6.35. The number of carbonyl (C=O) groups excluding carboxylic acids is 1. The van der Waals surface area contributed by atoms with Crippen molar-refractivity contribution < 1.29 is 9.18 Å². The van der Waals surface area contributed by atoms with Crippen molar-refractivity contribution in [2.75, 3.05) is 12.8 Å². The van der Waals surface area contributed by atoms with E-state index >= 15 is 0 Å². The highest BCUT2D eigenvalue weighted by Crippen LogP contribution is 2.29. The quantitative estimate of drug-likeness (QED) is 0.757. The molecule has 2 aromatic rings. The van der Waals surface area contributed by atoms with Gasteiger partial charge in [0.25, 0.3) is 0 Å². The van der Waals surface area contributed by atoms with Gasteiger partial charge in [-0.1, -0.05) is 25.0 Å². The molecule has 0 aliphatic heterocycles. The molecule has 0 atom stereocenters. The van der Waals surface area contributed by atoms with Crippen LogP contribution >= 0.6 is 11.8 Å². The summed E-state index contributed by atoms with van der Waals surface area (Å²) in [7, 11) is 1.76. The average Bonchev–Trinajstić information content (AvgIpc) is 3.27. The van der Waals surface area contributed by atoms with Crippen LogP contribution in [0.5, 0.6) is 0 Å². The maximum Gasteiger partial charge on any atom is 0.232 e. The molecule has 1 fully saturated rings. The van der Waals surface area contributed by atoms with Crippen LogP contribution in [-0.2, 0) is 17.1 Å². The Morgan fingerprint density at radius 1 is 1.32 bits per heavy atom. The van der Waals surface area contributed by atoms with Crippen LogP contribution in [0.25, 0.3) is 0 Å². The molecule has 0 unspecified atom stereocenters. The lowest BCUT2D eigenvalue weighted by Gasteiger charge is -2.17. The molecule has 8 heteroatoms. The second kappa shape index (κ2) is 8.42. The van der Waals surface area contributed by atoms with Crippen molar-refractivity contribution in [1.29, 1.82) is 0 Å². The van der Waals surface area contributed by atoms with Crippen LogP contribution in [0.15, 0.2) is 24.3 Å². The third-order valence-electron chi connectivity index (χ3n) is 4.45. The molecule has 3 rings (SSSR count). The first kappa shape index (κ1) is 17.8. The van der Waals surface area contributed by atoms with Crippen LogP contribution in [-0.4, -0.2) is 43.8 Å². The summed E-state index contributed by atoms with van der Waals surface area (Å²) in [6, 6.07) is 6.61. The number of nitrogens with zero attached hydrogens (tertiary/aromatic N) is 5. The van der Waals surface area contributed by atoms with E-state index in [1.165, 1.54) is 36.7 Å². The van der Waals surface area contributed by atoms with E-state index in [0.29, 0.717) is 24.1 Å². The highest BCUT2D eigenvalue weighted by atomic mass is 32.2. The Bertz CT molecular complexity index is 699. The van der Waals surface area contributed by atoms with Crippen molar-refractivity contribution >= 4 is 17.7 Å². The molecular formula is C17H22FN5OS.